The molecule has 1 aliphatic heterocycles. The summed E-state index contributed by atoms with van der Waals surface area (Å²) in [5.41, 5.74) is 3.29. The third-order valence-electron chi connectivity index (χ3n) is 5.04. The summed E-state index contributed by atoms with van der Waals surface area (Å²) >= 11 is 0. The van der Waals surface area contributed by atoms with Crippen molar-refractivity contribution in [3.63, 3.8) is 0 Å². The summed E-state index contributed by atoms with van der Waals surface area (Å²) in [6.45, 7) is 6.34. The first-order valence-corrected chi connectivity index (χ1v) is 10.8. The van der Waals surface area contributed by atoms with Gasteiger partial charge in [-0.05, 0) is 55.0 Å². The number of guanidine groups is 1. The van der Waals surface area contributed by atoms with Crippen molar-refractivity contribution < 1.29 is 13.9 Å². The van der Waals surface area contributed by atoms with Crippen molar-refractivity contribution in [2.24, 2.45) is 4.99 Å². The monoisotopic (exact) mass is 541 g/mol. The first-order valence-electron chi connectivity index (χ1n) is 10.8. The second kappa shape index (κ2) is 14.4. The number of nitrogens with one attached hydrogen (secondary N) is 2. The molecule has 5 nitrogen and oxygen atoms in total. The van der Waals surface area contributed by atoms with E-state index in [0.717, 1.165) is 56.1 Å². The van der Waals surface area contributed by atoms with E-state index in [0.29, 0.717) is 25.8 Å². The van der Waals surface area contributed by atoms with Crippen LogP contribution in [0.15, 0.2) is 53.5 Å². The van der Waals surface area contributed by atoms with Gasteiger partial charge < -0.3 is 20.1 Å². The molecule has 0 aromatic heterocycles. The molecule has 2 aromatic rings. The van der Waals surface area contributed by atoms with Crippen LogP contribution in [0.3, 0.4) is 0 Å². The molecular formula is C24H33FIN3O2. The molecule has 0 spiro atoms. The number of rotatable bonds is 9. The highest BCUT2D eigenvalue weighted by Gasteiger charge is 2.13. The molecule has 0 bridgehead atoms. The zero-order chi connectivity index (χ0) is 21.0. The Morgan fingerprint density at radius 1 is 1.06 bits per heavy atom. The standard InChI is InChI=1S/C24H32FN3O2.HI/c1-2-26-24(27-13-10-19-4-3-5-22(25)16-19)28-17-20-6-8-21(9-7-20)18-30-23-11-14-29-15-12-23;/h3-9,16,23H,2,10-15,17-18H2,1H3,(H2,26,27,28);1H. The predicted molar refractivity (Wildman–Crippen MR) is 133 cm³/mol. The van der Waals surface area contributed by atoms with Gasteiger partial charge in [-0.1, -0.05) is 36.4 Å². The van der Waals surface area contributed by atoms with Crippen molar-refractivity contribution >= 4 is 29.9 Å². The van der Waals surface area contributed by atoms with Crippen molar-refractivity contribution in [1.82, 2.24) is 10.6 Å². The SMILES string of the molecule is CCNC(=NCc1ccc(COC2CCOCC2)cc1)NCCc1cccc(F)c1.I. The largest absolute Gasteiger partial charge is 0.381 e. The molecule has 2 N–H and O–H groups in total. The van der Waals surface area contributed by atoms with Gasteiger partial charge in [0.1, 0.15) is 5.82 Å². The lowest BCUT2D eigenvalue weighted by molar-refractivity contribution is -0.0390. The average molecular weight is 541 g/mol. The van der Waals surface area contributed by atoms with Crippen LogP contribution in [-0.4, -0.2) is 38.4 Å². The quantitative estimate of drug-likeness (QED) is 0.280. The molecule has 1 aliphatic rings. The Morgan fingerprint density at radius 3 is 2.52 bits per heavy atom. The van der Waals surface area contributed by atoms with Gasteiger partial charge in [0.05, 0.1) is 19.3 Å². The summed E-state index contributed by atoms with van der Waals surface area (Å²) in [6.07, 6.45) is 3.01. The van der Waals surface area contributed by atoms with E-state index in [-0.39, 0.29) is 29.8 Å². The Kier molecular flexibility index (Phi) is 11.8. The normalized spacial score (nSPS) is 14.7. The first-order chi connectivity index (χ1) is 14.7. The Hall–Kier alpha value is -1.71. The van der Waals surface area contributed by atoms with Gasteiger partial charge in [-0.3, -0.25) is 0 Å². The van der Waals surface area contributed by atoms with Crippen molar-refractivity contribution in [1.29, 1.82) is 0 Å². The molecule has 0 amide bonds. The van der Waals surface area contributed by atoms with Crippen LogP contribution >= 0.6 is 24.0 Å². The Balaban J connectivity index is 0.00000341. The summed E-state index contributed by atoms with van der Waals surface area (Å²) in [5.74, 6) is 0.565. The second-order valence-corrected chi connectivity index (χ2v) is 7.44. The summed E-state index contributed by atoms with van der Waals surface area (Å²) in [5, 5.41) is 6.57. The molecule has 0 atom stereocenters. The zero-order valence-electron chi connectivity index (χ0n) is 18.1. The van der Waals surface area contributed by atoms with Crippen molar-refractivity contribution in [2.75, 3.05) is 26.3 Å². The van der Waals surface area contributed by atoms with E-state index in [2.05, 4.69) is 39.9 Å². The van der Waals surface area contributed by atoms with Crippen molar-refractivity contribution in [2.45, 2.75) is 45.4 Å². The summed E-state index contributed by atoms with van der Waals surface area (Å²) in [6, 6.07) is 15.1. The lowest BCUT2D eigenvalue weighted by atomic mass is 10.1. The van der Waals surface area contributed by atoms with Crippen LogP contribution in [0.25, 0.3) is 0 Å². The van der Waals surface area contributed by atoms with Gasteiger partial charge >= 0.3 is 0 Å². The maximum atomic E-state index is 13.3. The molecule has 1 saturated heterocycles. The van der Waals surface area contributed by atoms with Gasteiger partial charge in [-0.15, -0.1) is 24.0 Å². The van der Waals surface area contributed by atoms with Crippen LogP contribution in [0.1, 0.15) is 36.5 Å². The van der Waals surface area contributed by atoms with E-state index in [9.17, 15) is 4.39 Å². The highest BCUT2D eigenvalue weighted by Crippen LogP contribution is 2.14. The van der Waals surface area contributed by atoms with E-state index in [4.69, 9.17) is 9.47 Å². The average Bonchev–Trinajstić information content (AvgIpc) is 2.77. The zero-order valence-corrected chi connectivity index (χ0v) is 20.4. The van der Waals surface area contributed by atoms with Gasteiger partial charge in [0.15, 0.2) is 5.96 Å². The summed E-state index contributed by atoms with van der Waals surface area (Å²) in [7, 11) is 0. The maximum Gasteiger partial charge on any atom is 0.191 e. The van der Waals surface area contributed by atoms with E-state index < -0.39 is 0 Å². The number of aliphatic imine (C=N–C) groups is 1. The van der Waals surface area contributed by atoms with Crippen LogP contribution < -0.4 is 10.6 Å². The Morgan fingerprint density at radius 2 is 1.81 bits per heavy atom. The molecule has 3 rings (SSSR count). The van der Waals surface area contributed by atoms with Gasteiger partial charge in [-0.25, -0.2) is 9.38 Å². The fourth-order valence-corrected chi connectivity index (χ4v) is 3.33. The molecule has 1 fully saturated rings. The fraction of sp³-hybridized carbons (Fsp3) is 0.458. The molecule has 7 heteroatoms. The lowest BCUT2D eigenvalue weighted by Gasteiger charge is -2.22. The van der Waals surface area contributed by atoms with Crippen molar-refractivity contribution in [3.05, 3.63) is 71.0 Å². The molecular weight excluding hydrogens is 508 g/mol. The number of benzene rings is 2. The van der Waals surface area contributed by atoms with Crippen LogP contribution in [0.5, 0.6) is 0 Å². The molecule has 0 radical (unpaired) electrons. The minimum atomic E-state index is -0.199. The number of nitrogens with zero attached hydrogens (tertiary/aromatic N) is 1. The van der Waals surface area contributed by atoms with Gasteiger partial charge in [0.2, 0.25) is 0 Å². The maximum absolute atomic E-state index is 13.3. The van der Waals surface area contributed by atoms with Crippen molar-refractivity contribution in [3.8, 4) is 0 Å². The number of hydrogen-bond donors (Lipinski definition) is 2. The number of halogens is 2. The van der Waals surface area contributed by atoms with Crippen LogP contribution in [0.4, 0.5) is 4.39 Å². The lowest BCUT2D eigenvalue weighted by Crippen LogP contribution is -2.38. The molecule has 0 saturated carbocycles. The second-order valence-electron chi connectivity index (χ2n) is 7.44. The van der Waals surface area contributed by atoms with Crippen LogP contribution in [-0.2, 0) is 29.0 Å². The Bertz CT molecular complexity index is 796. The minimum Gasteiger partial charge on any atom is -0.381 e. The molecule has 31 heavy (non-hydrogen) atoms. The van der Waals surface area contributed by atoms with E-state index >= 15 is 0 Å². The smallest absolute Gasteiger partial charge is 0.191 e. The minimum absolute atomic E-state index is 0. The molecule has 0 unspecified atom stereocenters. The highest BCUT2D eigenvalue weighted by atomic mass is 127. The van der Waals surface area contributed by atoms with Gasteiger partial charge in [-0.2, -0.15) is 0 Å². The summed E-state index contributed by atoms with van der Waals surface area (Å²) in [4.78, 5) is 4.66. The molecule has 170 valence electrons. The number of hydrogen-bond acceptors (Lipinski definition) is 3. The van der Waals surface area contributed by atoms with E-state index in [1.807, 2.05) is 13.0 Å². The van der Waals surface area contributed by atoms with E-state index in [1.165, 1.54) is 11.6 Å². The molecule has 1 heterocycles. The van der Waals surface area contributed by atoms with Crippen LogP contribution in [0, 0.1) is 5.82 Å². The highest BCUT2D eigenvalue weighted by molar-refractivity contribution is 14.0. The molecule has 0 aliphatic carbocycles. The summed E-state index contributed by atoms with van der Waals surface area (Å²) < 4.78 is 24.6. The van der Waals surface area contributed by atoms with Gasteiger partial charge in [0.25, 0.3) is 0 Å². The third kappa shape index (κ3) is 9.53. The third-order valence-corrected chi connectivity index (χ3v) is 5.04. The Labute approximate surface area is 201 Å². The van der Waals surface area contributed by atoms with Gasteiger partial charge in [0, 0.05) is 26.3 Å². The van der Waals surface area contributed by atoms with E-state index in [1.54, 1.807) is 12.1 Å². The number of ether oxygens (including phenoxy) is 2. The topological polar surface area (TPSA) is 54.9 Å². The molecule has 2 aromatic carbocycles. The fourth-order valence-electron chi connectivity index (χ4n) is 3.33. The van der Waals surface area contributed by atoms with Crippen LogP contribution in [0.2, 0.25) is 0 Å². The first kappa shape index (κ1) is 25.5. The predicted octanol–water partition coefficient (Wildman–Crippen LogP) is 4.44.